The molecule has 0 atom stereocenters. The number of carboxylic acid groups (broad SMARTS) is 1. The molecule has 2 nitrogen and oxygen atoms in total. The molecule has 0 fully saturated rings. The number of aromatic carboxylic acids is 1. The Bertz CT molecular complexity index is 338. The zero-order valence-corrected chi connectivity index (χ0v) is 11.5. The van der Waals surface area contributed by atoms with Gasteiger partial charge in [-0.3, -0.25) is 0 Å². The van der Waals surface area contributed by atoms with Crippen molar-refractivity contribution >= 4 is 67.1 Å². The van der Waals surface area contributed by atoms with Crippen LogP contribution in [-0.4, -0.2) is 11.1 Å². The molecule has 12 heavy (non-hydrogen) atoms. The van der Waals surface area contributed by atoms with E-state index in [1.54, 1.807) is 6.07 Å². The first-order chi connectivity index (χ1) is 5.54. The number of carboxylic acids is 1. The first kappa shape index (κ1) is 10.7. The predicted octanol–water partition coefficient (Wildman–Crippen LogP) is 3.36. The number of hydrogen-bond donors (Lipinski definition) is 1. The van der Waals surface area contributed by atoms with Crippen LogP contribution in [0.15, 0.2) is 16.6 Å². The van der Waals surface area contributed by atoms with Crippen LogP contribution in [0.1, 0.15) is 10.4 Å². The van der Waals surface area contributed by atoms with E-state index >= 15 is 0 Å². The van der Waals surface area contributed by atoms with E-state index in [4.69, 9.17) is 5.11 Å². The van der Waals surface area contributed by atoms with Gasteiger partial charge < -0.3 is 5.11 Å². The number of rotatable bonds is 1. The quantitative estimate of drug-likeness (QED) is 0.524. The molecule has 0 saturated carbocycles. The van der Waals surface area contributed by atoms with Crippen molar-refractivity contribution in [3.05, 3.63) is 29.3 Å². The number of benzene rings is 1. The van der Waals surface area contributed by atoms with E-state index in [9.17, 15) is 4.79 Å². The molecule has 5 heteroatoms. The summed E-state index contributed by atoms with van der Waals surface area (Å²) in [4.78, 5) is 10.8. The molecule has 0 aliphatic rings. The maximum Gasteiger partial charge on any atom is 0.337 e. The summed E-state index contributed by atoms with van der Waals surface area (Å²) in [6, 6.07) is 3.62. The second-order valence-corrected chi connectivity index (χ2v) is 5.12. The SMILES string of the molecule is O=C(O)c1c(Br)ccc(I)c1I. The summed E-state index contributed by atoms with van der Waals surface area (Å²) in [6.45, 7) is 0. The van der Waals surface area contributed by atoms with E-state index < -0.39 is 5.97 Å². The zero-order chi connectivity index (χ0) is 9.30. The summed E-state index contributed by atoms with van der Waals surface area (Å²) in [7, 11) is 0. The van der Waals surface area contributed by atoms with Crippen LogP contribution in [0.25, 0.3) is 0 Å². The topological polar surface area (TPSA) is 37.3 Å². The van der Waals surface area contributed by atoms with Crippen LogP contribution in [0.3, 0.4) is 0 Å². The second-order valence-electron chi connectivity index (χ2n) is 2.02. The van der Waals surface area contributed by atoms with Crippen molar-refractivity contribution in [2.24, 2.45) is 0 Å². The molecular weight excluding hydrogens is 450 g/mol. The Labute approximate surface area is 105 Å². The number of halogens is 3. The Morgan fingerprint density at radius 1 is 1.42 bits per heavy atom. The maximum absolute atomic E-state index is 10.8. The lowest BCUT2D eigenvalue weighted by molar-refractivity contribution is 0.0694. The Hall–Kier alpha value is 0.630. The molecule has 0 saturated heterocycles. The van der Waals surface area contributed by atoms with Gasteiger partial charge in [0.25, 0.3) is 0 Å². The lowest BCUT2D eigenvalue weighted by Crippen LogP contribution is -2.02. The zero-order valence-electron chi connectivity index (χ0n) is 5.64. The van der Waals surface area contributed by atoms with Gasteiger partial charge in [-0.1, -0.05) is 0 Å². The fraction of sp³-hybridized carbons (Fsp3) is 0. The van der Waals surface area contributed by atoms with E-state index in [0.29, 0.717) is 10.0 Å². The molecule has 0 aliphatic carbocycles. The molecule has 0 bridgehead atoms. The standard InChI is InChI=1S/C7H3BrI2O2/c8-3-1-2-4(9)6(10)5(3)7(11)12/h1-2H,(H,11,12). The van der Waals surface area contributed by atoms with Crippen LogP contribution in [0.2, 0.25) is 0 Å². The average Bonchev–Trinajstić information content (AvgIpc) is 1.97. The van der Waals surface area contributed by atoms with Crippen LogP contribution in [0.4, 0.5) is 0 Å². The maximum atomic E-state index is 10.8. The van der Waals surface area contributed by atoms with E-state index in [1.807, 2.05) is 28.7 Å². The van der Waals surface area contributed by atoms with Gasteiger partial charge >= 0.3 is 5.97 Å². The minimum Gasteiger partial charge on any atom is -0.478 e. The first-order valence-electron chi connectivity index (χ1n) is 2.91. The van der Waals surface area contributed by atoms with Gasteiger partial charge in [0.15, 0.2) is 0 Å². The van der Waals surface area contributed by atoms with Crippen molar-refractivity contribution in [2.45, 2.75) is 0 Å². The van der Waals surface area contributed by atoms with Crippen molar-refractivity contribution in [1.82, 2.24) is 0 Å². The molecule has 0 amide bonds. The van der Waals surface area contributed by atoms with E-state index in [1.165, 1.54) is 0 Å². The predicted molar refractivity (Wildman–Crippen MR) is 66.5 cm³/mol. The van der Waals surface area contributed by atoms with Crippen LogP contribution < -0.4 is 0 Å². The third-order valence-corrected chi connectivity index (χ3v) is 4.97. The van der Waals surface area contributed by atoms with Gasteiger partial charge in [-0.05, 0) is 73.2 Å². The normalized spacial score (nSPS) is 9.92. The minimum atomic E-state index is -0.898. The fourth-order valence-corrected chi connectivity index (χ4v) is 2.74. The van der Waals surface area contributed by atoms with Crippen LogP contribution in [0, 0.1) is 7.14 Å². The van der Waals surface area contributed by atoms with Crippen LogP contribution in [0.5, 0.6) is 0 Å². The molecule has 0 aromatic heterocycles. The minimum absolute atomic E-state index is 0.336. The van der Waals surface area contributed by atoms with Crippen LogP contribution >= 0.6 is 61.1 Å². The van der Waals surface area contributed by atoms with Gasteiger partial charge in [0.1, 0.15) is 0 Å². The first-order valence-corrected chi connectivity index (χ1v) is 5.86. The molecule has 1 aromatic carbocycles. The molecule has 1 N–H and O–H groups in total. The van der Waals surface area contributed by atoms with Crippen molar-refractivity contribution in [1.29, 1.82) is 0 Å². The van der Waals surface area contributed by atoms with Crippen LogP contribution in [-0.2, 0) is 0 Å². The molecule has 1 aromatic rings. The van der Waals surface area contributed by atoms with Gasteiger partial charge in [-0.15, -0.1) is 0 Å². The molecule has 1 rings (SSSR count). The Balaban J connectivity index is 3.43. The average molecular weight is 453 g/mol. The molecule has 0 spiro atoms. The van der Waals surface area contributed by atoms with E-state index in [-0.39, 0.29) is 0 Å². The largest absolute Gasteiger partial charge is 0.478 e. The summed E-state index contributed by atoms with van der Waals surface area (Å²) in [5.41, 5.74) is 0.336. The smallest absolute Gasteiger partial charge is 0.337 e. The summed E-state index contributed by atoms with van der Waals surface area (Å²) in [5.74, 6) is -0.898. The molecule has 0 aliphatic heterocycles. The third-order valence-electron chi connectivity index (χ3n) is 1.26. The number of carbonyl (C=O) groups is 1. The Kier molecular flexibility index (Phi) is 3.77. The van der Waals surface area contributed by atoms with Gasteiger partial charge in [0.05, 0.1) is 5.56 Å². The van der Waals surface area contributed by atoms with E-state index in [0.717, 1.165) is 7.14 Å². The van der Waals surface area contributed by atoms with Gasteiger partial charge in [-0.25, -0.2) is 4.79 Å². The highest BCUT2D eigenvalue weighted by Gasteiger charge is 2.14. The van der Waals surface area contributed by atoms with Crippen molar-refractivity contribution in [3.63, 3.8) is 0 Å². The van der Waals surface area contributed by atoms with Gasteiger partial charge in [0, 0.05) is 11.6 Å². The summed E-state index contributed by atoms with van der Waals surface area (Å²) >= 11 is 7.33. The van der Waals surface area contributed by atoms with Gasteiger partial charge in [0.2, 0.25) is 0 Å². The second kappa shape index (κ2) is 4.23. The molecule has 0 radical (unpaired) electrons. The highest BCUT2D eigenvalue weighted by atomic mass is 127. The van der Waals surface area contributed by atoms with Crippen molar-refractivity contribution in [3.8, 4) is 0 Å². The Morgan fingerprint density at radius 2 is 2.00 bits per heavy atom. The van der Waals surface area contributed by atoms with Gasteiger partial charge in [-0.2, -0.15) is 0 Å². The summed E-state index contributed by atoms with van der Waals surface area (Å²) in [5, 5.41) is 8.83. The Morgan fingerprint density at radius 3 is 2.42 bits per heavy atom. The summed E-state index contributed by atoms with van der Waals surface area (Å²) in [6.07, 6.45) is 0. The number of hydrogen-bond acceptors (Lipinski definition) is 1. The highest BCUT2D eigenvalue weighted by Crippen LogP contribution is 2.26. The molecule has 0 unspecified atom stereocenters. The van der Waals surface area contributed by atoms with Crippen molar-refractivity contribution < 1.29 is 9.90 Å². The van der Waals surface area contributed by atoms with E-state index in [2.05, 4.69) is 38.5 Å². The summed E-state index contributed by atoms with van der Waals surface area (Å²) < 4.78 is 2.35. The fourth-order valence-electron chi connectivity index (χ4n) is 0.723. The molecular formula is C7H3BrI2O2. The lowest BCUT2D eigenvalue weighted by Gasteiger charge is -2.03. The third kappa shape index (κ3) is 2.11. The van der Waals surface area contributed by atoms with Crippen molar-refractivity contribution in [2.75, 3.05) is 0 Å². The monoisotopic (exact) mass is 452 g/mol. The highest BCUT2D eigenvalue weighted by molar-refractivity contribution is 14.1. The molecule has 0 heterocycles. The lowest BCUT2D eigenvalue weighted by atomic mass is 10.2. The molecule has 64 valence electrons.